The lowest BCUT2D eigenvalue weighted by molar-refractivity contribution is 0.0594. The molecule has 9 heteroatoms. The third-order valence-corrected chi connectivity index (χ3v) is 3.42. The third-order valence-electron chi connectivity index (χ3n) is 2.75. The van der Waals surface area contributed by atoms with E-state index >= 15 is 0 Å². The Bertz CT molecular complexity index is 756. The number of aromatic nitrogens is 2. The predicted molar refractivity (Wildman–Crippen MR) is 79.7 cm³/mol. The van der Waals surface area contributed by atoms with Crippen molar-refractivity contribution in [2.45, 2.75) is 0 Å². The summed E-state index contributed by atoms with van der Waals surface area (Å²) in [6.07, 6.45) is 0. The number of nitrogens with two attached hydrogens (primary N) is 1. The van der Waals surface area contributed by atoms with Gasteiger partial charge >= 0.3 is 5.97 Å². The molecule has 1 aromatic carbocycles. The second-order valence-electron chi connectivity index (χ2n) is 4.03. The summed E-state index contributed by atoms with van der Waals surface area (Å²) in [7, 11) is 2.42. The van der Waals surface area contributed by atoms with E-state index in [1.807, 2.05) is 0 Å². The number of hydrogen-bond donors (Lipinski definition) is 1. The van der Waals surface area contributed by atoms with Gasteiger partial charge in [-0.05, 0) is 12.1 Å². The largest absolute Gasteiger partial charge is 0.492 e. The Morgan fingerprint density at radius 1 is 1.27 bits per heavy atom. The van der Waals surface area contributed by atoms with Crippen LogP contribution in [0.4, 0.5) is 10.2 Å². The summed E-state index contributed by atoms with van der Waals surface area (Å²) in [5, 5.41) is -0.0872. The highest BCUT2D eigenvalue weighted by molar-refractivity contribution is 6.35. The Hall–Kier alpha value is -2.12. The van der Waals surface area contributed by atoms with Gasteiger partial charge in [0, 0.05) is 0 Å². The van der Waals surface area contributed by atoms with Crippen LogP contribution >= 0.6 is 23.2 Å². The number of nitrogen functional groups attached to an aromatic ring is 1. The second-order valence-corrected chi connectivity index (χ2v) is 4.81. The maximum absolute atomic E-state index is 14.4. The summed E-state index contributed by atoms with van der Waals surface area (Å²) in [6.45, 7) is 0. The highest BCUT2D eigenvalue weighted by Gasteiger charge is 2.22. The van der Waals surface area contributed by atoms with Gasteiger partial charge < -0.3 is 15.2 Å². The molecule has 0 bridgehead atoms. The number of ether oxygens (including phenoxy) is 2. The molecule has 0 saturated heterocycles. The minimum absolute atomic E-state index is 0.0465. The number of carbonyl (C=O) groups excluding carboxylic acids is 1. The van der Waals surface area contributed by atoms with Gasteiger partial charge in [0.15, 0.2) is 23.1 Å². The molecule has 1 aromatic heterocycles. The lowest BCUT2D eigenvalue weighted by Gasteiger charge is -2.10. The molecule has 116 valence electrons. The van der Waals surface area contributed by atoms with Gasteiger partial charge in [0.05, 0.1) is 24.8 Å². The van der Waals surface area contributed by atoms with E-state index in [1.54, 1.807) is 0 Å². The van der Waals surface area contributed by atoms with E-state index in [2.05, 4.69) is 14.7 Å². The van der Waals surface area contributed by atoms with Crippen LogP contribution in [0.15, 0.2) is 12.1 Å². The number of nitrogens with zero attached hydrogens (tertiary/aromatic N) is 2. The topological polar surface area (TPSA) is 87.3 Å². The van der Waals surface area contributed by atoms with E-state index in [0.29, 0.717) is 0 Å². The van der Waals surface area contributed by atoms with Gasteiger partial charge in [-0.15, -0.1) is 0 Å². The van der Waals surface area contributed by atoms with Gasteiger partial charge in [0.25, 0.3) is 0 Å². The minimum atomic E-state index is -0.818. The van der Waals surface area contributed by atoms with E-state index in [1.165, 1.54) is 19.2 Å². The maximum atomic E-state index is 14.4. The maximum Gasteiger partial charge on any atom is 0.358 e. The van der Waals surface area contributed by atoms with Crippen molar-refractivity contribution >= 4 is 35.0 Å². The van der Waals surface area contributed by atoms with E-state index in [4.69, 9.17) is 33.7 Å². The molecule has 1 heterocycles. The fourth-order valence-corrected chi connectivity index (χ4v) is 2.09. The molecule has 0 radical (unpaired) electrons. The highest BCUT2D eigenvalue weighted by atomic mass is 35.5. The van der Waals surface area contributed by atoms with Gasteiger partial charge in [-0.2, -0.15) is 0 Å². The van der Waals surface area contributed by atoms with Crippen LogP contribution in [-0.2, 0) is 4.74 Å². The van der Waals surface area contributed by atoms with Gasteiger partial charge in [0.1, 0.15) is 10.8 Å². The fourth-order valence-electron chi connectivity index (χ4n) is 1.71. The lowest BCUT2D eigenvalue weighted by atomic mass is 10.1. The molecule has 0 amide bonds. The van der Waals surface area contributed by atoms with Crippen molar-refractivity contribution in [2.75, 3.05) is 20.0 Å². The Morgan fingerprint density at radius 2 is 1.95 bits per heavy atom. The number of benzene rings is 1. The zero-order chi connectivity index (χ0) is 16.4. The normalized spacial score (nSPS) is 10.4. The molecule has 2 rings (SSSR count). The summed E-state index contributed by atoms with van der Waals surface area (Å²) in [6, 6.07) is 2.74. The molecule has 2 N–H and O–H groups in total. The van der Waals surface area contributed by atoms with E-state index in [9.17, 15) is 9.18 Å². The van der Waals surface area contributed by atoms with Crippen molar-refractivity contribution < 1.29 is 18.7 Å². The number of anilines is 1. The monoisotopic (exact) mass is 345 g/mol. The van der Waals surface area contributed by atoms with Crippen molar-refractivity contribution in [3.8, 4) is 17.1 Å². The second kappa shape index (κ2) is 6.33. The lowest BCUT2D eigenvalue weighted by Crippen LogP contribution is -2.10. The number of esters is 1. The van der Waals surface area contributed by atoms with Crippen molar-refractivity contribution in [2.24, 2.45) is 0 Å². The number of carbonyl (C=O) groups is 1. The average molecular weight is 346 g/mol. The van der Waals surface area contributed by atoms with E-state index in [0.717, 1.165) is 7.11 Å². The van der Waals surface area contributed by atoms with Crippen LogP contribution in [0.25, 0.3) is 11.4 Å². The van der Waals surface area contributed by atoms with E-state index < -0.39 is 11.8 Å². The van der Waals surface area contributed by atoms with Crippen LogP contribution in [0.3, 0.4) is 0 Å². The molecule has 2 aromatic rings. The zero-order valence-electron chi connectivity index (χ0n) is 11.5. The molecule has 22 heavy (non-hydrogen) atoms. The Balaban J connectivity index is 2.69. The average Bonchev–Trinajstić information content (AvgIpc) is 2.50. The van der Waals surface area contributed by atoms with Crippen LogP contribution in [0.2, 0.25) is 10.0 Å². The fraction of sp³-hybridized carbons (Fsp3) is 0.154. The van der Waals surface area contributed by atoms with E-state index in [-0.39, 0.29) is 38.7 Å². The Labute approximate surface area is 135 Å². The summed E-state index contributed by atoms with van der Waals surface area (Å²) >= 11 is 11.7. The first-order valence-electron chi connectivity index (χ1n) is 5.84. The smallest absolute Gasteiger partial charge is 0.358 e. The van der Waals surface area contributed by atoms with Crippen LogP contribution in [-0.4, -0.2) is 30.2 Å². The first-order chi connectivity index (χ1) is 10.4. The van der Waals surface area contributed by atoms with Crippen molar-refractivity contribution in [3.63, 3.8) is 0 Å². The molecular formula is C13H10Cl2FN3O3. The molecule has 0 fully saturated rings. The first kappa shape index (κ1) is 16.3. The van der Waals surface area contributed by atoms with Crippen LogP contribution in [0.5, 0.6) is 5.75 Å². The summed E-state index contributed by atoms with van der Waals surface area (Å²) in [4.78, 5) is 19.4. The predicted octanol–water partition coefficient (Wildman–Crippen LogP) is 2.97. The van der Waals surface area contributed by atoms with Crippen LogP contribution in [0.1, 0.15) is 10.5 Å². The Morgan fingerprint density at radius 3 is 2.55 bits per heavy atom. The van der Waals surface area contributed by atoms with Gasteiger partial charge in [-0.3, -0.25) is 0 Å². The number of halogens is 3. The minimum Gasteiger partial charge on any atom is -0.492 e. The molecule has 6 nitrogen and oxygen atoms in total. The summed E-state index contributed by atoms with van der Waals surface area (Å²) in [5.41, 5.74) is 5.32. The number of methoxy groups -OCH3 is 2. The first-order valence-corrected chi connectivity index (χ1v) is 6.60. The number of rotatable bonds is 3. The number of hydrogen-bond acceptors (Lipinski definition) is 6. The van der Waals surface area contributed by atoms with Gasteiger partial charge in [-0.1, -0.05) is 23.2 Å². The SMILES string of the molecule is COC(=O)c1nc(-c2ccc(Cl)c(OC)c2F)nc(N)c1Cl. The molecule has 0 aliphatic carbocycles. The molecule has 0 unspecified atom stereocenters. The van der Waals surface area contributed by atoms with Crippen molar-refractivity contribution in [3.05, 3.63) is 33.7 Å². The molecule has 0 saturated carbocycles. The quantitative estimate of drug-likeness (QED) is 0.860. The molecule has 0 aliphatic heterocycles. The van der Waals surface area contributed by atoms with Gasteiger partial charge in [0.2, 0.25) is 0 Å². The Kier molecular flexibility index (Phi) is 4.68. The molecule has 0 atom stereocenters. The molecular weight excluding hydrogens is 336 g/mol. The molecule has 0 spiro atoms. The van der Waals surface area contributed by atoms with Crippen molar-refractivity contribution in [1.82, 2.24) is 9.97 Å². The summed E-state index contributed by atoms with van der Waals surface area (Å²) < 4.78 is 23.8. The zero-order valence-corrected chi connectivity index (χ0v) is 13.0. The highest BCUT2D eigenvalue weighted by Crippen LogP contribution is 2.34. The standard InChI is InChI=1S/C13H10Cl2FN3O3/c1-21-10-6(14)4-3-5(8(10)16)12-18-9(13(20)22-2)7(15)11(17)19-12/h3-4H,1-2H3,(H2,17,18,19). The van der Waals surface area contributed by atoms with Crippen LogP contribution < -0.4 is 10.5 Å². The van der Waals surface area contributed by atoms with Gasteiger partial charge in [-0.25, -0.2) is 19.2 Å². The summed E-state index contributed by atoms with van der Waals surface area (Å²) in [5.74, 6) is -2.10. The van der Waals surface area contributed by atoms with Crippen LogP contribution in [0, 0.1) is 5.82 Å². The molecule has 0 aliphatic rings. The van der Waals surface area contributed by atoms with Crippen molar-refractivity contribution in [1.29, 1.82) is 0 Å². The third kappa shape index (κ3) is 2.77.